The molecule has 110 valence electrons. The SMILES string of the molecule is CCC1OCCC1CNCc1cc(Br)cc([N+](=O)[O-])c1. The van der Waals surface area contributed by atoms with Gasteiger partial charge >= 0.3 is 0 Å². The molecule has 5 nitrogen and oxygen atoms in total. The molecule has 1 heterocycles. The van der Waals surface area contributed by atoms with Crippen LogP contribution in [-0.4, -0.2) is 24.2 Å². The molecule has 0 bridgehead atoms. The van der Waals surface area contributed by atoms with Crippen LogP contribution in [0, 0.1) is 16.0 Å². The highest BCUT2D eigenvalue weighted by atomic mass is 79.9. The van der Waals surface area contributed by atoms with Crippen LogP contribution in [0.1, 0.15) is 25.3 Å². The van der Waals surface area contributed by atoms with E-state index in [-0.39, 0.29) is 10.6 Å². The summed E-state index contributed by atoms with van der Waals surface area (Å²) in [6, 6.07) is 5.03. The number of nitro benzene ring substituents is 1. The number of non-ortho nitro benzene ring substituents is 1. The number of nitrogens with one attached hydrogen (secondary N) is 1. The number of nitrogens with zero attached hydrogens (tertiary/aromatic N) is 1. The van der Waals surface area contributed by atoms with Crippen molar-refractivity contribution in [3.63, 3.8) is 0 Å². The zero-order chi connectivity index (χ0) is 14.5. The second-order valence-corrected chi connectivity index (χ2v) is 5.99. The first-order valence-corrected chi connectivity index (χ1v) is 7.65. The summed E-state index contributed by atoms with van der Waals surface area (Å²) in [4.78, 5) is 10.4. The third-order valence-electron chi connectivity index (χ3n) is 3.64. The van der Waals surface area contributed by atoms with Crippen molar-refractivity contribution in [2.24, 2.45) is 5.92 Å². The van der Waals surface area contributed by atoms with E-state index in [0.717, 1.165) is 36.0 Å². The lowest BCUT2D eigenvalue weighted by atomic mass is 9.99. The van der Waals surface area contributed by atoms with Crippen LogP contribution < -0.4 is 5.32 Å². The Labute approximate surface area is 127 Å². The Balaban J connectivity index is 1.89. The van der Waals surface area contributed by atoms with Crippen molar-refractivity contribution in [2.45, 2.75) is 32.4 Å². The van der Waals surface area contributed by atoms with Gasteiger partial charge in [-0.25, -0.2) is 0 Å². The number of rotatable bonds is 6. The molecule has 1 saturated heterocycles. The third kappa shape index (κ3) is 4.01. The van der Waals surface area contributed by atoms with Gasteiger partial charge in [0.15, 0.2) is 0 Å². The Bertz CT molecular complexity index is 481. The van der Waals surface area contributed by atoms with Crippen molar-refractivity contribution in [1.82, 2.24) is 5.32 Å². The molecule has 1 aromatic carbocycles. The largest absolute Gasteiger partial charge is 0.378 e. The molecule has 1 N–H and O–H groups in total. The average molecular weight is 343 g/mol. The van der Waals surface area contributed by atoms with Gasteiger partial charge in [-0.05, 0) is 30.4 Å². The summed E-state index contributed by atoms with van der Waals surface area (Å²) in [5, 5.41) is 14.2. The van der Waals surface area contributed by atoms with E-state index in [1.54, 1.807) is 6.07 Å². The maximum atomic E-state index is 10.8. The molecule has 1 fully saturated rings. The summed E-state index contributed by atoms with van der Waals surface area (Å²) >= 11 is 3.31. The van der Waals surface area contributed by atoms with E-state index in [1.165, 1.54) is 6.07 Å². The Morgan fingerprint density at radius 3 is 3.00 bits per heavy atom. The number of benzene rings is 1. The molecule has 0 spiro atoms. The lowest BCUT2D eigenvalue weighted by molar-refractivity contribution is -0.385. The van der Waals surface area contributed by atoms with E-state index in [4.69, 9.17) is 4.74 Å². The molecule has 0 radical (unpaired) electrons. The first-order valence-electron chi connectivity index (χ1n) is 6.86. The van der Waals surface area contributed by atoms with Gasteiger partial charge in [0.1, 0.15) is 0 Å². The van der Waals surface area contributed by atoms with Gasteiger partial charge in [-0.2, -0.15) is 0 Å². The summed E-state index contributed by atoms with van der Waals surface area (Å²) in [6.07, 6.45) is 2.47. The quantitative estimate of drug-likeness (QED) is 0.636. The molecular weight excluding hydrogens is 324 g/mol. The number of hydrogen-bond acceptors (Lipinski definition) is 4. The van der Waals surface area contributed by atoms with Crippen LogP contribution in [0.15, 0.2) is 22.7 Å². The maximum Gasteiger partial charge on any atom is 0.270 e. The molecule has 2 unspecified atom stereocenters. The van der Waals surface area contributed by atoms with Crippen molar-refractivity contribution >= 4 is 21.6 Å². The van der Waals surface area contributed by atoms with E-state index < -0.39 is 0 Å². The Kier molecular flexibility index (Phi) is 5.51. The van der Waals surface area contributed by atoms with E-state index >= 15 is 0 Å². The number of halogens is 1. The van der Waals surface area contributed by atoms with Gasteiger partial charge in [-0.3, -0.25) is 10.1 Å². The second-order valence-electron chi connectivity index (χ2n) is 5.07. The van der Waals surface area contributed by atoms with Gasteiger partial charge in [-0.1, -0.05) is 22.9 Å². The fourth-order valence-electron chi connectivity index (χ4n) is 2.62. The van der Waals surface area contributed by atoms with Crippen LogP contribution >= 0.6 is 15.9 Å². The van der Waals surface area contributed by atoms with Crippen LogP contribution in [0.3, 0.4) is 0 Å². The second kappa shape index (κ2) is 7.15. The third-order valence-corrected chi connectivity index (χ3v) is 4.10. The monoisotopic (exact) mass is 342 g/mol. The highest BCUT2D eigenvalue weighted by molar-refractivity contribution is 9.10. The van der Waals surface area contributed by atoms with E-state index in [2.05, 4.69) is 28.2 Å². The van der Waals surface area contributed by atoms with E-state index in [0.29, 0.717) is 18.6 Å². The van der Waals surface area contributed by atoms with Gasteiger partial charge in [0.2, 0.25) is 0 Å². The lowest BCUT2D eigenvalue weighted by Gasteiger charge is -2.17. The van der Waals surface area contributed by atoms with Gasteiger partial charge in [0.05, 0.1) is 11.0 Å². The lowest BCUT2D eigenvalue weighted by Crippen LogP contribution is -2.27. The topological polar surface area (TPSA) is 64.4 Å². The van der Waals surface area contributed by atoms with E-state index in [9.17, 15) is 10.1 Å². The standard InChI is InChI=1S/C14H19BrN2O3/c1-2-14-11(3-4-20-14)9-16-8-10-5-12(15)7-13(6-10)17(18)19/h5-7,11,14,16H,2-4,8-9H2,1H3. The summed E-state index contributed by atoms with van der Waals surface area (Å²) in [5.41, 5.74) is 1.03. The summed E-state index contributed by atoms with van der Waals surface area (Å²) in [5.74, 6) is 0.544. The predicted molar refractivity (Wildman–Crippen MR) is 80.6 cm³/mol. The maximum absolute atomic E-state index is 10.8. The molecule has 6 heteroatoms. The number of nitro groups is 1. The zero-order valence-electron chi connectivity index (χ0n) is 11.5. The zero-order valence-corrected chi connectivity index (χ0v) is 13.1. The Morgan fingerprint density at radius 2 is 2.30 bits per heavy atom. The van der Waals surface area contributed by atoms with E-state index in [1.807, 2.05) is 6.07 Å². The van der Waals surface area contributed by atoms with Gasteiger partial charge in [-0.15, -0.1) is 0 Å². The fourth-order valence-corrected chi connectivity index (χ4v) is 3.15. The normalized spacial score (nSPS) is 22.1. The summed E-state index contributed by atoms with van der Waals surface area (Å²) in [7, 11) is 0. The van der Waals surface area contributed by atoms with Crippen LogP contribution in [0.4, 0.5) is 5.69 Å². The minimum atomic E-state index is -0.369. The first-order chi connectivity index (χ1) is 9.60. The van der Waals surface area contributed by atoms with Crippen molar-refractivity contribution in [3.05, 3.63) is 38.3 Å². The Morgan fingerprint density at radius 1 is 1.50 bits per heavy atom. The van der Waals surface area contributed by atoms with Crippen LogP contribution in [0.5, 0.6) is 0 Å². The highest BCUT2D eigenvalue weighted by Gasteiger charge is 2.25. The molecule has 0 amide bonds. The smallest absolute Gasteiger partial charge is 0.270 e. The molecule has 2 rings (SSSR count). The van der Waals surface area contributed by atoms with Crippen molar-refractivity contribution in [3.8, 4) is 0 Å². The molecule has 20 heavy (non-hydrogen) atoms. The van der Waals surface area contributed by atoms with Gasteiger partial charge < -0.3 is 10.1 Å². The number of hydrogen-bond donors (Lipinski definition) is 1. The highest BCUT2D eigenvalue weighted by Crippen LogP contribution is 2.23. The van der Waals surface area contributed by atoms with Crippen molar-refractivity contribution in [2.75, 3.05) is 13.2 Å². The molecule has 0 aliphatic carbocycles. The van der Waals surface area contributed by atoms with Gasteiger partial charge in [0, 0.05) is 36.3 Å². The minimum absolute atomic E-state index is 0.117. The van der Waals surface area contributed by atoms with Gasteiger partial charge in [0.25, 0.3) is 5.69 Å². The first kappa shape index (κ1) is 15.4. The van der Waals surface area contributed by atoms with Crippen LogP contribution in [0.25, 0.3) is 0 Å². The minimum Gasteiger partial charge on any atom is -0.378 e. The molecule has 0 saturated carbocycles. The predicted octanol–water partition coefficient (Wildman–Crippen LogP) is 3.26. The van der Waals surface area contributed by atoms with Crippen LogP contribution in [-0.2, 0) is 11.3 Å². The average Bonchev–Trinajstić information content (AvgIpc) is 2.85. The molecular formula is C14H19BrN2O3. The van der Waals surface area contributed by atoms with Crippen molar-refractivity contribution in [1.29, 1.82) is 0 Å². The molecule has 1 aliphatic heterocycles. The van der Waals surface area contributed by atoms with Crippen molar-refractivity contribution < 1.29 is 9.66 Å². The number of ether oxygens (including phenoxy) is 1. The summed E-state index contributed by atoms with van der Waals surface area (Å²) < 4.78 is 6.39. The molecule has 2 atom stereocenters. The fraction of sp³-hybridized carbons (Fsp3) is 0.571. The summed E-state index contributed by atoms with van der Waals surface area (Å²) in [6.45, 7) is 4.50. The molecule has 0 aromatic heterocycles. The molecule has 1 aromatic rings. The molecule has 1 aliphatic rings. The van der Waals surface area contributed by atoms with Crippen LogP contribution in [0.2, 0.25) is 0 Å². The Hall–Kier alpha value is -0.980.